The molecule has 37 heavy (non-hydrogen) atoms. The zero-order chi connectivity index (χ0) is 27.4. The molecule has 8 heteroatoms. The summed E-state index contributed by atoms with van der Waals surface area (Å²) in [5.74, 6) is -2.97. The molecule has 0 heterocycles. The van der Waals surface area contributed by atoms with Crippen molar-refractivity contribution in [2.45, 2.75) is 65.5 Å². The number of rotatable bonds is 14. The van der Waals surface area contributed by atoms with Gasteiger partial charge in [-0.25, -0.2) is 4.79 Å². The second kappa shape index (κ2) is 14.8. The van der Waals surface area contributed by atoms with Gasteiger partial charge in [0.2, 0.25) is 11.8 Å². The molecule has 0 bridgehead atoms. The number of nitrogens with one attached hydrogen (secondary N) is 2. The van der Waals surface area contributed by atoms with Crippen LogP contribution in [0.4, 0.5) is 0 Å². The lowest BCUT2D eigenvalue weighted by Crippen LogP contribution is -2.45. The van der Waals surface area contributed by atoms with Crippen LogP contribution in [-0.2, 0) is 30.3 Å². The molecule has 2 aromatic rings. The van der Waals surface area contributed by atoms with E-state index in [1.54, 1.807) is 27.7 Å². The van der Waals surface area contributed by atoms with E-state index in [0.717, 1.165) is 16.7 Å². The van der Waals surface area contributed by atoms with Crippen LogP contribution in [0.2, 0.25) is 0 Å². The number of carbonyl (C=O) groups is 4. The molecule has 2 amide bonds. The average molecular weight is 511 g/mol. The zero-order valence-corrected chi connectivity index (χ0v) is 22.0. The fraction of sp³-hybridized carbons (Fsp3) is 0.448. The molecule has 0 saturated carbocycles. The second-order valence-corrected chi connectivity index (χ2v) is 9.55. The Kier molecular flexibility index (Phi) is 11.8. The molecule has 0 radical (unpaired) electrons. The highest BCUT2D eigenvalue weighted by Crippen LogP contribution is 2.21. The van der Waals surface area contributed by atoms with Crippen LogP contribution in [0.25, 0.3) is 11.1 Å². The molecule has 3 N–H and O–H groups in total. The van der Waals surface area contributed by atoms with Crippen molar-refractivity contribution in [2.24, 2.45) is 11.8 Å². The van der Waals surface area contributed by atoms with E-state index in [4.69, 9.17) is 4.74 Å². The summed E-state index contributed by atoms with van der Waals surface area (Å²) in [6.07, 6.45) is 0.665. The van der Waals surface area contributed by atoms with Gasteiger partial charge in [0.1, 0.15) is 6.04 Å². The number of hydrogen-bond acceptors (Lipinski definition) is 5. The Hall–Kier alpha value is -3.68. The first-order chi connectivity index (χ1) is 17.6. The smallest absolute Gasteiger partial charge is 0.326 e. The van der Waals surface area contributed by atoms with E-state index in [2.05, 4.69) is 10.6 Å². The molecular formula is C29H38N2O6. The van der Waals surface area contributed by atoms with Crippen LogP contribution in [-0.4, -0.2) is 47.6 Å². The van der Waals surface area contributed by atoms with Gasteiger partial charge in [-0.15, -0.1) is 0 Å². The largest absolute Gasteiger partial charge is 0.480 e. The predicted octanol–water partition coefficient (Wildman–Crippen LogP) is 3.98. The SMILES string of the molecule is CCOC(=O)C(C)CC(Cc1ccc(-c2ccccc2)cc1)NC(=O)CCC(=O)NC(C(=O)O)C(C)C. The number of amides is 2. The third kappa shape index (κ3) is 10.1. The fourth-order valence-corrected chi connectivity index (χ4v) is 4.04. The van der Waals surface area contributed by atoms with Gasteiger partial charge < -0.3 is 20.5 Å². The van der Waals surface area contributed by atoms with E-state index in [1.807, 2.05) is 54.6 Å². The fourth-order valence-electron chi connectivity index (χ4n) is 4.04. The summed E-state index contributed by atoms with van der Waals surface area (Å²) in [6.45, 7) is 7.20. The van der Waals surface area contributed by atoms with Crippen molar-refractivity contribution in [1.29, 1.82) is 0 Å². The van der Waals surface area contributed by atoms with E-state index in [1.165, 1.54) is 0 Å². The van der Waals surface area contributed by atoms with Crippen molar-refractivity contribution in [2.75, 3.05) is 6.61 Å². The number of hydrogen-bond donors (Lipinski definition) is 3. The maximum absolute atomic E-state index is 12.7. The van der Waals surface area contributed by atoms with Gasteiger partial charge in [0, 0.05) is 18.9 Å². The number of aliphatic carboxylic acids is 1. The molecule has 0 aliphatic heterocycles. The van der Waals surface area contributed by atoms with Crippen molar-refractivity contribution >= 4 is 23.8 Å². The van der Waals surface area contributed by atoms with Crippen molar-refractivity contribution in [3.63, 3.8) is 0 Å². The van der Waals surface area contributed by atoms with Crippen molar-refractivity contribution < 1.29 is 29.0 Å². The maximum Gasteiger partial charge on any atom is 0.326 e. The molecular weight excluding hydrogens is 472 g/mol. The van der Waals surface area contributed by atoms with Gasteiger partial charge in [-0.1, -0.05) is 75.4 Å². The van der Waals surface area contributed by atoms with Crippen LogP contribution in [0, 0.1) is 11.8 Å². The average Bonchev–Trinajstić information content (AvgIpc) is 2.86. The number of esters is 1. The monoisotopic (exact) mass is 510 g/mol. The van der Waals surface area contributed by atoms with Gasteiger partial charge in [-0.2, -0.15) is 0 Å². The van der Waals surface area contributed by atoms with Crippen LogP contribution in [0.1, 0.15) is 52.5 Å². The third-order valence-corrected chi connectivity index (χ3v) is 6.06. The van der Waals surface area contributed by atoms with E-state index in [9.17, 15) is 24.3 Å². The molecule has 3 unspecified atom stereocenters. The molecule has 0 aliphatic rings. The van der Waals surface area contributed by atoms with E-state index < -0.39 is 23.8 Å². The number of ether oxygens (including phenoxy) is 1. The molecule has 2 aromatic carbocycles. The maximum atomic E-state index is 12.7. The lowest BCUT2D eigenvalue weighted by molar-refractivity contribution is -0.148. The van der Waals surface area contributed by atoms with Crippen molar-refractivity contribution in [1.82, 2.24) is 10.6 Å². The Morgan fingerprint density at radius 2 is 1.41 bits per heavy atom. The summed E-state index contributed by atoms with van der Waals surface area (Å²) in [4.78, 5) is 48.4. The quantitative estimate of drug-likeness (QED) is 0.331. The minimum Gasteiger partial charge on any atom is -0.480 e. The molecule has 200 valence electrons. The van der Waals surface area contributed by atoms with Crippen LogP contribution >= 0.6 is 0 Å². The van der Waals surface area contributed by atoms with Crippen LogP contribution in [0.5, 0.6) is 0 Å². The highest BCUT2D eigenvalue weighted by molar-refractivity contribution is 5.87. The molecule has 2 rings (SSSR count). The summed E-state index contributed by atoms with van der Waals surface area (Å²) in [6, 6.07) is 16.7. The Morgan fingerprint density at radius 3 is 1.95 bits per heavy atom. The highest BCUT2D eigenvalue weighted by atomic mass is 16.5. The Bertz CT molecular complexity index is 1040. The van der Waals surface area contributed by atoms with Gasteiger partial charge in [0.15, 0.2) is 0 Å². The minimum atomic E-state index is -1.11. The van der Waals surface area contributed by atoms with Crippen LogP contribution < -0.4 is 10.6 Å². The molecule has 3 atom stereocenters. The van der Waals surface area contributed by atoms with Gasteiger partial charge in [-0.05, 0) is 42.4 Å². The Labute approximate surface area is 218 Å². The first kappa shape index (κ1) is 29.5. The Balaban J connectivity index is 2.03. The van der Waals surface area contributed by atoms with Gasteiger partial charge in [0.25, 0.3) is 0 Å². The molecule has 0 spiro atoms. The number of carboxylic acid groups (broad SMARTS) is 1. The molecule has 0 aromatic heterocycles. The Morgan fingerprint density at radius 1 is 0.838 bits per heavy atom. The van der Waals surface area contributed by atoms with Gasteiger partial charge in [-0.3, -0.25) is 14.4 Å². The predicted molar refractivity (Wildman–Crippen MR) is 142 cm³/mol. The van der Waals surface area contributed by atoms with Gasteiger partial charge in [0.05, 0.1) is 12.5 Å². The van der Waals surface area contributed by atoms with E-state index >= 15 is 0 Å². The summed E-state index contributed by atoms with van der Waals surface area (Å²) < 4.78 is 5.13. The second-order valence-electron chi connectivity index (χ2n) is 9.55. The first-order valence-corrected chi connectivity index (χ1v) is 12.7. The molecule has 0 fully saturated rings. The molecule has 8 nitrogen and oxygen atoms in total. The van der Waals surface area contributed by atoms with Crippen LogP contribution in [0.15, 0.2) is 54.6 Å². The summed E-state index contributed by atoms with van der Waals surface area (Å²) >= 11 is 0. The number of carboxylic acids is 1. The van der Waals surface area contributed by atoms with Crippen molar-refractivity contribution in [3.05, 3.63) is 60.2 Å². The lowest BCUT2D eigenvalue weighted by atomic mass is 9.94. The summed E-state index contributed by atoms with van der Waals surface area (Å²) in [5.41, 5.74) is 3.19. The number of carbonyl (C=O) groups excluding carboxylic acids is 3. The van der Waals surface area contributed by atoms with Crippen LogP contribution in [0.3, 0.4) is 0 Å². The molecule has 0 aliphatic carbocycles. The molecule has 0 saturated heterocycles. The van der Waals surface area contributed by atoms with E-state index in [0.29, 0.717) is 12.8 Å². The standard InChI is InChI=1S/C29H38N2O6/c1-5-37-29(36)20(4)17-24(18-21-11-13-23(14-12-21)22-9-7-6-8-10-22)30-25(32)15-16-26(33)31-27(19(2)3)28(34)35/h6-14,19-20,24,27H,5,15-18H2,1-4H3,(H,30,32)(H,31,33)(H,34,35). The lowest BCUT2D eigenvalue weighted by Gasteiger charge is -2.22. The van der Waals surface area contributed by atoms with Gasteiger partial charge >= 0.3 is 11.9 Å². The topological polar surface area (TPSA) is 122 Å². The third-order valence-electron chi connectivity index (χ3n) is 6.06. The highest BCUT2D eigenvalue weighted by Gasteiger charge is 2.25. The first-order valence-electron chi connectivity index (χ1n) is 12.7. The number of benzene rings is 2. The zero-order valence-electron chi connectivity index (χ0n) is 22.0. The summed E-state index contributed by atoms with van der Waals surface area (Å²) in [7, 11) is 0. The summed E-state index contributed by atoms with van der Waals surface area (Å²) in [5, 5.41) is 14.7. The van der Waals surface area contributed by atoms with Crippen molar-refractivity contribution in [3.8, 4) is 11.1 Å². The normalized spacial score (nSPS) is 13.3. The van der Waals surface area contributed by atoms with E-state index in [-0.39, 0.29) is 43.3 Å². The minimum absolute atomic E-state index is 0.0898.